The fourth-order valence-electron chi connectivity index (χ4n) is 1.78. The van der Waals surface area contributed by atoms with Crippen molar-refractivity contribution in [2.75, 3.05) is 13.6 Å². The maximum atomic E-state index is 11.2. The fourth-order valence-corrected chi connectivity index (χ4v) is 1.78. The van der Waals surface area contributed by atoms with Crippen LogP contribution in [-0.2, 0) is 4.79 Å². The van der Waals surface area contributed by atoms with Gasteiger partial charge in [0.05, 0.1) is 0 Å². The molecule has 0 spiro atoms. The lowest BCUT2D eigenvalue weighted by Crippen LogP contribution is -2.72. The molecule has 0 unspecified atom stereocenters. The molecule has 6 heteroatoms. The molecule has 1 aliphatic rings. The molecular formula is C8H18BN2O3-. The number of nitrogens with one attached hydrogen (secondary N) is 1. The highest BCUT2D eigenvalue weighted by Crippen LogP contribution is 2.17. The van der Waals surface area contributed by atoms with Gasteiger partial charge < -0.3 is 20.2 Å². The first-order chi connectivity index (χ1) is 6.34. The van der Waals surface area contributed by atoms with Crippen LogP contribution < -0.4 is 5.32 Å². The number of carbonyl (C=O) groups excluding carboxylic acids is 1. The van der Waals surface area contributed by atoms with Gasteiger partial charge in [0, 0.05) is 6.54 Å². The maximum absolute atomic E-state index is 11.2. The van der Waals surface area contributed by atoms with E-state index in [4.69, 9.17) is 0 Å². The fraction of sp³-hybridized carbons (Fsp3) is 0.875. The van der Waals surface area contributed by atoms with Gasteiger partial charge in [-0.15, -0.1) is 0 Å². The Morgan fingerprint density at radius 2 is 2.21 bits per heavy atom. The molecule has 5 nitrogen and oxygen atoms in total. The van der Waals surface area contributed by atoms with E-state index in [0.29, 0.717) is 12.3 Å². The predicted molar refractivity (Wildman–Crippen MR) is 54.2 cm³/mol. The zero-order valence-electron chi connectivity index (χ0n) is 8.90. The van der Waals surface area contributed by atoms with Gasteiger partial charge in [0.25, 0.3) is 0 Å². The Hall–Kier alpha value is -0.585. The molecule has 1 atom stereocenters. The highest BCUT2D eigenvalue weighted by Gasteiger charge is 2.40. The Kier molecular flexibility index (Phi) is 3.19. The summed E-state index contributed by atoms with van der Waals surface area (Å²) in [5, 5.41) is 22.2. The number of hydrogen-bond donors (Lipinski definition) is 3. The maximum Gasteiger partial charge on any atom is 0.334 e. The Morgan fingerprint density at radius 3 is 2.71 bits per heavy atom. The van der Waals surface area contributed by atoms with Gasteiger partial charge in [-0.05, 0) is 18.9 Å². The molecule has 0 aliphatic carbocycles. The molecule has 0 bridgehead atoms. The minimum absolute atomic E-state index is 0.0432. The van der Waals surface area contributed by atoms with Crippen LogP contribution in [-0.4, -0.2) is 47.0 Å². The van der Waals surface area contributed by atoms with E-state index in [9.17, 15) is 14.8 Å². The second-order valence-corrected chi connectivity index (χ2v) is 4.51. The van der Waals surface area contributed by atoms with E-state index in [0.717, 1.165) is 0 Å². The normalized spacial score (nSPS) is 27.9. The predicted octanol–water partition coefficient (Wildman–Crippen LogP) is -1.07. The van der Waals surface area contributed by atoms with Gasteiger partial charge in [0.15, 0.2) is 0 Å². The molecule has 1 fully saturated rings. The van der Waals surface area contributed by atoms with Crippen LogP contribution >= 0.6 is 0 Å². The zero-order chi connectivity index (χ0) is 10.9. The van der Waals surface area contributed by atoms with Crippen molar-refractivity contribution < 1.29 is 14.8 Å². The Bertz CT molecular complexity index is 233. The Labute approximate surface area is 84.1 Å². The summed E-state index contributed by atoms with van der Waals surface area (Å²) in [6.45, 7) is 1.40. The number of likely N-dealkylation sites (N-methyl/N-ethyl adjacent to an activating group) is 1. The molecule has 1 amide bonds. The van der Waals surface area contributed by atoms with Crippen LogP contribution in [0.2, 0.25) is 0 Å². The van der Waals surface area contributed by atoms with Crippen molar-refractivity contribution in [3.05, 3.63) is 0 Å². The van der Waals surface area contributed by atoms with Gasteiger partial charge in [0.1, 0.15) is 0 Å². The van der Waals surface area contributed by atoms with Crippen LogP contribution in [0, 0.1) is 5.92 Å². The molecule has 0 aromatic heterocycles. The third-order valence-corrected chi connectivity index (χ3v) is 2.65. The summed E-state index contributed by atoms with van der Waals surface area (Å²) < 4.78 is 0. The van der Waals surface area contributed by atoms with E-state index >= 15 is 0 Å². The summed E-state index contributed by atoms with van der Waals surface area (Å²) in [5.74, 6) is -0.396. The van der Waals surface area contributed by atoms with Gasteiger partial charge in [0.2, 0.25) is 5.91 Å². The summed E-state index contributed by atoms with van der Waals surface area (Å²) >= 11 is 0. The molecule has 82 valence electrons. The van der Waals surface area contributed by atoms with Crippen molar-refractivity contribution in [1.29, 1.82) is 0 Å². The summed E-state index contributed by atoms with van der Waals surface area (Å²) in [6.07, 6.45) is 0.572. The number of rotatable bonds is 2. The molecule has 1 saturated heterocycles. The van der Waals surface area contributed by atoms with Crippen molar-refractivity contribution in [1.82, 2.24) is 10.1 Å². The standard InChI is InChI=1S/C8H18BN2O3/c1-6(2)4-7-9(13,14)11(3)5-8(12)10-7/h6-7,13-14H,4-5H2,1-3H3,(H,10,12)/q-1/t7-/m0/s1. The van der Waals surface area contributed by atoms with Crippen molar-refractivity contribution in [3.63, 3.8) is 0 Å². The second-order valence-electron chi connectivity index (χ2n) is 4.51. The topological polar surface area (TPSA) is 72.8 Å². The molecular weight excluding hydrogens is 183 g/mol. The molecule has 1 rings (SSSR count). The first kappa shape index (κ1) is 11.5. The third-order valence-electron chi connectivity index (χ3n) is 2.65. The molecule has 0 saturated carbocycles. The summed E-state index contributed by atoms with van der Waals surface area (Å²) in [4.78, 5) is 12.5. The van der Waals surface area contributed by atoms with Gasteiger partial charge in [-0.25, -0.2) is 0 Å². The van der Waals surface area contributed by atoms with Gasteiger partial charge >= 0.3 is 6.69 Å². The lowest BCUT2D eigenvalue weighted by Gasteiger charge is -2.49. The Morgan fingerprint density at radius 1 is 1.64 bits per heavy atom. The largest absolute Gasteiger partial charge is 0.569 e. The average Bonchev–Trinajstić information content (AvgIpc) is 1.99. The molecule has 0 aromatic rings. The zero-order valence-corrected chi connectivity index (χ0v) is 8.90. The summed E-state index contributed by atoms with van der Waals surface area (Å²) in [7, 11) is 1.55. The lowest BCUT2D eigenvalue weighted by atomic mass is 9.58. The van der Waals surface area contributed by atoms with E-state index < -0.39 is 12.6 Å². The molecule has 1 heterocycles. The molecule has 0 radical (unpaired) electrons. The van der Waals surface area contributed by atoms with Crippen molar-refractivity contribution >= 4 is 12.6 Å². The first-order valence-electron chi connectivity index (χ1n) is 4.94. The number of hydrogen-bond acceptors (Lipinski definition) is 4. The van der Waals surface area contributed by atoms with Crippen molar-refractivity contribution in [3.8, 4) is 0 Å². The molecule has 14 heavy (non-hydrogen) atoms. The minimum Gasteiger partial charge on any atom is -0.569 e. The van der Waals surface area contributed by atoms with E-state index in [2.05, 4.69) is 5.32 Å². The SMILES string of the molecule is CC(C)C[C@@H]1NC(=O)CN(C)[B-]1(O)O. The van der Waals surface area contributed by atoms with Crippen LogP contribution in [0.4, 0.5) is 0 Å². The van der Waals surface area contributed by atoms with E-state index in [1.807, 2.05) is 13.8 Å². The summed E-state index contributed by atoms with van der Waals surface area (Å²) in [5.41, 5.74) is 0. The molecule has 3 N–H and O–H groups in total. The third kappa shape index (κ3) is 2.26. The second kappa shape index (κ2) is 3.88. The monoisotopic (exact) mass is 201 g/mol. The minimum atomic E-state index is -2.60. The van der Waals surface area contributed by atoms with Gasteiger partial charge in [-0.2, -0.15) is 0 Å². The van der Waals surface area contributed by atoms with Crippen LogP contribution in [0.3, 0.4) is 0 Å². The number of nitrogens with zero attached hydrogens (tertiary/aromatic N) is 1. The van der Waals surface area contributed by atoms with Gasteiger partial charge in [-0.3, -0.25) is 4.79 Å². The van der Waals surface area contributed by atoms with E-state index in [-0.39, 0.29) is 12.5 Å². The smallest absolute Gasteiger partial charge is 0.334 e. The summed E-state index contributed by atoms with van der Waals surface area (Å²) in [6, 6.07) is 0. The Balaban J connectivity index is 2.74. The lowest BCUT2D eigenvalue weighted by molar-refractivity contribution is -0.123. The molecule has 1 aliphatic heterocycles. The quantitative estimate of drug-likeness (QED) is 0.497. The first-order valence-corrected chi connectivity index (χ1v) is 4.94. The van der Waals surface area contributed by atoms with Crippen molar-refractivity contribution in [2.45, 2.75) is 26.2 Å². The number of carbonyl (C=O) groups is 1. The highest BCUT2D eigenvalue weighted by molar-refractivity contribution is 6.64. The van der Waals surface area contributed by atoms with E-state index in [1.165, 1.54) is 4.81 Å². The van der Waals surface area contributed by atoms with Gasteiger partial charge in [-0.1, -0.05) is 20.3 Å². The number of amides is 1. The van der Waals surface area contributed by atoms with Crippen LogP contribution in [0.25, 0.3) is 0 Å². The molecule has 0 aromatic carbocycles. The highest BCUT2D eigenvalue weighted by atomic mass is 16.4. The van der Waals surface area contributed by atoms with Crippen molar-refractivity contribution in [2.24, 2.45) is 5.92 Å². The van der Waals surface area contributed by atoms with Crippen LogP contribution in [0.5, 0.6) is 0 Å². The van der Waals surface area contributed by atoms with E-state index in [1.54, 1.807) is 7.05 Å². The average molecular weight is 201 g/mol. The van der Waals surface area contributed by atoms with Crippen LogP contribution in [0.1, 0.15) is 20.3 Å². The van der Waals surface area contributed by atoms with Crippen LogP contribution in [0.15, 0.2) is 0 Å².